The fourth-order valence-corrected chi connectivity index (χ4v) is 3.39. The molecule has 0 unspecified atom stereocenters. The molecule has 4 nitrogen and oxygen atoms in total. The molecule has 1 aromatic carbocycles. The van der Waals surface area contributed by atoms with Crippen molar-refractivity contribution in [3.8, 4) is 0 Å². The number of rotatable bonds is 3. The lowest BCUT2D eigenvalue weighted by molar-refractivity contribution is 0.0520. The molecule has 1 heterocycles. The number of amides is 1. The van der Waals surface area contributed by atoms with Gasteiger partial charge >= 0.3 is 0 Å². The Morgan fingerprint density at radius 1 is 1.29 bits per heavy atom. The Hall–Kier alpha value is -1.39. The van der Waals surface area contributed by atoms with Crippen LogP contribution in [-0.2, 0) is 17.6 Å². The van der Waals surface area contributed by atoms with Gasteiger partial charge in [0.05, 0.1) is 25.4 Å². The minimum atomic E-state index is -0.577. The molecule has 1 aliphatic carbocycles. The van der Waals surface area contributed by atoms with E-state index in [9.17, 15) is 9.90 Å². The van der Waals surface area contributed by atoms with Crippen LogP contribution < -0.4 is 0 Å². The Morgan fingerprint density at radius 2 is 2.05 bits per heavy atom. The molecule has 0 aromatic heterocycles. The number of ether oxygens (including phenoxy) is 1. The molecule has 21 heavy (non-hydrogen) atoms. The van der Waals surface area contributed by atoms with Crippen LogP contribution in [0.3, 0.4) is 0 Å². The zero-order valence-electron chi connectivity index (χ0n) is 12.5. The van der Waals surface area contributed by atoms with E-state index < -0.39 is 6.10 Å². The standard InChI is InChI=1S/C17H23NO3/c1-2-18(15-10-21-11-16(15)19)17(20)14-8-7-12-5-3-4-6-13(12)9-14/h7-9,15-16,19H,2-6,10-11H2,1H3/t15-,16-/m0/s1. The molecule has 1 aliphatic heterocycles. The van der Waals surface area contributed by atoms with Crippen molar-refractivity contribution in [1.82, 2.24) is 4.90 Å². The monoisotopic (exact) mass is 289 g/mol. The maximum Gasteiger partial charge on any atom is 0.254 e. The highest BCUT2D eigenvalue weighted by Crippen LogP contribution is 2.24. The van der Waals surface area contributed by atoms with Crippen LogP contribution in [0.15, 0.2) is 18.2 Å². The molecule has 0 bridgehead atoms. The molecule has 0 saturated carbocycles. The van der Waals surface area contributed by atoms with Gasteiger partial charge < -0.3 is 14.7 Å². The summed E-state index contributed by atoms with van der Waals surface area (Å²) in [6.45, 7) is 3.27. The Balaban J connectivity index is 1.83. The Bertz CT molecular complexity index is 529. The zero-order valence-corrected chi connectivity index (χ0v) is 12.5. The number of aliphatic hydroxyl groups is 1. The van der Waals surface area contributed by atoms with Gasteiger partial charge in [0, 0.05) is 12.1 Å². The lowest BCUT2D eigenvalue weighted by Gasteiger charge is -2.29. The van der Waals surface area contributed by atoms with E-state index in [1.165, 1.54) is 24.0 Å². The third-order valence-electron chi connectivity index (χ3n) is 4.62. The lowest BCUT2D eigenvalue weighted by atomic mass is 9.90. The average molecular weight is 289 g/mol. The minimum Gasteiger partial charge on any atom is -0.388 e. The molecule has 4 heteroatoms. The van der Waals surface area contributed by atoms with Crippen LogP contribution in [0.5, 0.6) is 0 Å². The molecule has 0 spiro atoms. The van der Waals surface area contributed by atoms with Crippen LogP contribution in [-0.4, -0.2) is 47.8 Å². The number of benzene rings is 1. The van der Waals surface area contributed by atoms with Crippen molar-refractivity contribution in [3.63, 3.8) is 0 Å². The summed E-state index contributed by atoms with van der Waals surface area (Å²) in [5, 5.41) is 9.96. The predicted molar refractivity (Wildman–Crippen MR) is 80.4 cm³/mol. The maximum atomic E-state index is 12.8. The van der Waals surface area contributed by atoms with E-state index in [0.29, 0.717) is 19.8 Å². The summed E-state index contributed by atoms with van der Waals surface area (Å²) in [5.41, 5.74) is 3.42. The summed E-state index contributed by atoms with van der Waals surface area (Å²) < 4.78 is 5.28. The number of carbonyl (C=O) groups is 1. The van der Waals surface area contributed by atoms with Gasteiger partial charge in [0.25, 0.3) is 5.91 Å². The number of nitrogens with zero attached hydrogens (tertiary/aromatic N) is 1. The van der Waals surface area contributed by atoms with E-state index in [2.05, 4.69) is 6.07 Å². The first-order valence-electron chi connectivity index (χ1n) is 7.89. The highest BCUT2D eigenvalue weighted by atomic mass is 16.5. The molecular formula is C17H23NO3. The number of likely N-dealkylation sites (N-methyl/N-ethyl adjacent to an activating group) is 1. The normalized spacial score (nSPS) is 24.7. The van der Waals surface area contributed by atoms with Gasteiger partial charge in [-0.25, -0.2) is 0 Å². The molecule has 2 aliphatic rings. The van der Waals surface area contributed by atoms with Crippen molar-refractivity contribution in [2.24, 2.45) is 0 Å². The second-order valence-electron chi connectivity index (χ2n) is 5.95. The van der Waals surface area contributed by atoms with Crippen molar-refractivity contribution < 1.29 is 14.6 Å². The highest BCUT2D eigenvalue weighted by Gasteiger charge is 2.34. The van der Waals surface area contributed by atoms with Crippen LogP contribution in [0.4, 0.5) is 0 Å². The van der Waals surface area contributed by atoms with E-state index in [1.54, 1.807) is 4.90 Å². The van der Waals surface area contributed by atoms with Crippen LogP contribution in [0.2, 0.25) is 0 Å². The van der Waals surface area contributed by atoms with Gasteiger partial charge in [0.2, 0.25) is 0 Å². The smallest absolute Gasteiger partial charge is 0.254 e. The third-order valence-corrected chi connectivity index (χ3v) is 4.62. The van der Waals surface area contributed by atoms with Crippen LogP contribution in [0.1, 0.15) is 41.3 Å². The molecule has 1 amide bonds. The fraction of sp³-hybridized carbons (Fsp3) is 0.588. The maximum absolute atomic E-state index is 12.8. The van der Waals surface area contributed by atoms with E-state index in [-0.39, 0.29) is 11.9 Å². The lowest BCUT2D eigenvalue weighted by Crippen LogP contribution is -2.46. The van der Waals surface area contributed by atoms with E-state index in [0.717, 1.165) is 18.4 Å². The summed E-state index contributed by atoms with van der Waals surface area (Å²) in [4.78, 5) is 14.5. The van der Waals surface area contributed by atoms with Gasteiger partial charge in [-0.05, 0) is 55.9 Å². The Labute approximate surface area is 125 Å². The van der Waals surface area contributed by atoms with E-state index in [4.69, 9.17) is 4.74 Å². The number of fused-ring (bicyclic) bond motifs is 1. The van der Waals surface area contributed by atoms with E-state index >= 15 is 0 Å². The predicted octanol–water partition coefficient (Wildman–Crippen LogP) is 1.79. The summed E-state index contributed by atoms with van der Waals surface area (Å²) in [7, 11) is 0. The van der Waals surface area contributed by atoms with Crippen molar-refractivity contribution in [1.29, 1.82) is 0 Å². The van der Waals surface area contributed by atoms with Gasteiger partial charge in [0.15, 0.2) is 0 Å². The summed E-state index contributed by atoms with van der Waals surface area (Å²) in [6, 6.07) is 5.84. The fourth-order valence-electron chi connectivity index (χ4n) is 3.39. The van der Waals surface area contributed by atoms with Crippen molar-refractivity contribution >= 4 is 5.91 Å². The summed E-state index contributed by atoms with van der Waals surface area (Å²) in [5.74, 6) is 0.000392. The van der Waals surface area contributed by atoms with Crippen molar-refractivity contribution in [2.75, 3.05) is 19.8 Å². The summed E-state index contributed by atoms with van der Waals surface area (Å²) in [6.07, 6.45) is 4.06. The van der Waals surface area contributed by atoms with Gasteiger partial charge in [0.1, 0.15) is 0 Å². The van der Waals surface area contributed by atoms with Crippen molar-refractivity contribution in [3.05, 3.63) is 34.9 Å². The molecule has 114 valence electrons. The third kappa shape index (κ3) is 2.83. The molecule has 1 N–H and O–H groups in total. The number of hydrogen-bond acceptors (Lipinski definition) is 3. The number of aryl methyl sites for hydroxylation is 2. The topological polar surface area (TPSA) is 49.8 Å². The minimum absolute atomic E-state index is 0.000392. The van der Waals surface area contributed by atoms with Crippen molar-refractivity contribution in [2.45, 2.75) is 44.8 Å². The van der Waals surface area contributed by atoms with Crippen LogP contribution >= 0.6 is 0 Å². The molecule has 0 radical (unpaired) electrons. The zero-order chi connectivity index (χ0) is 14.8. The van der Waals surface area contributed by atoms with Gasteiger partial charge in [-0.15, -0.1) is 0 Å². The second kappa shape index (κ2) is 6.16. The van der Waals surface area contributed by atoms with Gasteiger partial charge in [-0.3, -0.25) is 4.79 Å². The quantitative estimate of drug-likeness (QED) is 0.923. The molecule has 2 atom stereocenters. The first-order chi connectivity index (χ1) is 10.2. The first-order valence-corrected chi connectivity index (χ1v) is 7.89. The Morgan fingerprint density at radius 3 is 2.71 bits per heavy atom. The van der Waals surface area contributed by atoms with Crippen LogP contribution in [0, 0.1) is 0 Å². The van der Waals surface area contributed by atoms with E-state index in [1.807, 2.05) is 19.1 Å². The number of carbonyl (C=O) groups excluding carboxylic acids is 1. The number of hydrogen-bond donors (Lipinski definition) is 1. The SMILES string of the molecule is CCN(C(=O)c1ccc2c(c1)CCCC2)[C@H]1COC[C@@H]1O. The molecule has 1 fully saturated rings. The largest absolute Gasteiger partial charge is 0.388 e. The number of aliphatic hydroxyl groups excluding tert-OH is 1. The summed E-state index contributed by atoms with van der Waals surface area (Å²) >= 11 is 0. The molecule has 1 aromatic rings. The van der Waals surface area contributed by atoms with Gasteiger partial charge in [-0.2, -0.15) is 0 Å². The average Bonchev–Trinajstić information content (AvgIpc) is 2.93. The highest BCUT2D eigenvalue weighted by molar-refractivity contribution is 5.94. The van der Waals surface area contributed by atoms with Gasteiger partial charge in [-0.1, -0.05) is 6.07 Å². The Kier molecular flexibility index (Phi) is 4.27. The molecule has 3 rings (SSSR count). The first kappa shape index (κ1) is 14.5. The molecule has 1 saturated heterocycles. The second-order valence-corrected chi connectivity index (χ2v) is 5.95. The van der Waals surface area contributed by atoms with Crippen LogP contribution in [0.25, 0.3) is 0 Å². The molecular weight excluding hydrogens is 266 g/mol.